The second-order valence-corrected chi connectivity index (χ2v) is 8.71. The van der Waals surface area contributed by atoms with Crippen LogP contribution < -0.4 is 5.32 Å². The van der Waals surface area contributed by atoms with Crippen LogP contribution in [0.25, 0.3) is 22.4 Å². The molecule has 1 unspecified atom stereocenters. The lowest BCUT2D eigenvalue weighted by Crippen LogP contribution is -2.46. The highest BCUT2D eigenvalue weighted by molar-refractivity contribution is 6.07. The molecule has 1 aliphatic rings. The Kier molecular flexibility index (Phi) is 6.21. The van der Waals surface area contributed by atoms with Crippen LogP contribution in [0.4, 0.5) is 4.39 Å². The summed E-state index contributed by atoms with van der Waals surface area (Å²) in [5, 5.41) is 7.44. The van der Waals surface area contributed by atoms with E-state index in [0.29, 0.717) is 47.9 Å². The molecule has 8 heteroatoms. The molecule has 2 amide bonds. The maximum Gasteiger partial charge on any atom is 0.259 e. The fraction of sp³-hybridized carbons (Fsp3) is 0.417. The first-order valence-corrected chi connectivity index (χ1v) is 10.9. The third kappa shape index (κ3) is 4.35. The number of nitrogens with zero attached hydrogens (tertiary/aromatic N) is 3. The van der Waals surface area contributed by atoms with Gasteiger partial charge in [-0.25, -0.2) is 9.37 Å². The minimum Gasteiger partial charge on any atom is -0.356 e. The number of halogens is 1. The first-order valence-electron chi connectivity index (χ1n) is 10.9. The van der Waals surface area contributed by atoms with Gasteiger partial charge in [0.2, 0.25) is 5.91 Å². The molecule has 1 aliphatic heterocycles. The normalized spacial score (nSPS) is 16.5. The van der Waals surface area contributed by atoms with Gasteiger partial charge in [-0.3, -0.25) is 9.59 Å². The molecule has 0 radical (unpaired) electrons. The van der Waals surface area contributed by atoms with Crippen molar-refractivity contribution in [3.8, 4) is 11.3 Å². The summed E-state index contributed by atoms with van der Waals surface area (Å²) in [5.74, 6) is -0.585. The van der Waals surface area contributed by atoms with E-state index in [-0.39, 0.29) is 29.0 Å². The van der Waals surface area contributed by atoms with Crippen LogP contribution in [0, 0.1) is 24.6 Å². The zero-order valence-electron chi connectivity index (χ0n) is 18.5. The highest BCUT2D eigenvalue weighted by Gasteiger charge is 2.31. The van der Waals surface area contributed by atoms with Gasteiger partial charge in [0.1, 0.15) is 5.82 Å². The Hall–Kier alpha value is -3.29. The van der Waals surface area contributed by atoms with Crippen molar-refractivity contribution in [1.29, 1.82) is 0 Å². The van der Waals surface area contributed by atoms with Crippen molar-refractivity contribution in [1.82, 2.24) is 20.4 Å². The molecule has 1 aromatic carbocycles. The Labute approximate surface area is 186 Å². The third-order valence-electron chi connectivity index (χ3n) is 5.76. The number of hydrogen-bond donors (Lipinski definition) is 1. The van der Waals surface area contributed by atoms with Gasteiger partial charge in [0, 0.05) is 25.2 Å². The van der Waals surface area contributed by atoms with Crippen molar-refractivity contribution >= 4 is 22.9 Å². The number of aromatic nitrogens is 2. The molecule has 1 atom stereocenters. The standard InChI is InChI=1S/C24H27FN4O3/c1-14(2)12-26-22(30)16-7-6-10-29(13-16)24(31)18-11-20(17-8-4-5-9-19(17)25)27-23-21(18)15(3)28-32-23/h4-5,8-9,11,14,16H,6-7,10,12-13H2,1-3H3,(H,26,30). The molecule has 0 saturated carbocycles. The summed E-state index contributed by atoms with van der Waals surface area (Å²) in [6, 6.07) is 7.86. The van der Waals surface area contributed by atoms with Crippen molar-refractivity contribution < 1.29 is 18.5 Å². The Bertz CT molecular complexity index is 1160. The summed E-state index contributed by atoms with van der Waals surface area (Å²) in [5.41, 5.74) is 1.67. The Morgan fingerprint density at radius 2 is 2.09 bits per heavy atom. The Balaban J connectivity index is 1.66. The molecular weight excluding hydrogens is 411 g/mol. The van der Waals surface area contributed by atoms with Gasteiger partial charge in [0.05, 0.1) is 28.3 Å². The summed E-state index contributed by atoms with van der Waals surface area (Å²) < 4.78 is 19.7. The topological polar surface area (TPSA) is 88.3 Å². The average molecular weight is 439 g/mol. The van der Waals surface area contributed by atoms with E-state index in [9.17, 15) is 14.0 Å². The molecule has 168 valence electrons. The summed E-state index contributed by atoms with van der Waals surface area (Å²) in [6.07, 6.45) is 1.48. The summed E-state index contributed by atoms with van der Waals surface area (Å²) in [4.78, 5) is 32.2. The van der Waals surface area contributed by atoms with Crippen LogP contribution in [0.2, 0.25) is 0 Å². The highest BCUT2D eigenvalue weighted by atomic mass is 19.1. The predicted octanol–water partition coefficient (Wildman–Crippen LogP) is 3.96. The van der Waals surface area contributed by atoms with E-state index in [4.69, 9.17) is 4.52 Å². The molecule has 0 bridgehead atoms. The van der Waals surface area contributed by atoms with Crippen LogP contribution in [0.3, 0.4) is 0 Å². The maximum absolute atomic E-state index is 14.4. The van der Waals surface area contributed by atoms with Crippen LogP contribution in [0.15, 0.2) is 34.9 Å². The van der Waals surface area contributed by atoms with E-state index < -0.39 is 5.82 Å². The fourth-order valence-electron chi connectivity index (χ4n) is 4.07. The second-order valence-electron chi connectivity index (χ2n) is 8.71. The molecule has 3 aromatic rings. The third-order valence-corrected chi connectivity index (χ3v) is 5.76. The van der Waals surface area contributed by atoms with Crippen molar-refractivity contribution in [3.05, 3.63) is 47.4 Å². The van der Waals surface area contributed by atoms with Crippen LogP contribution >= 0.6 is 0 Å². The number of carbonyl (C=O) groups excluding carboxylic acids is 2. The van der Waals surface area contributed by atoms with Gasteiger partial charge in [-0.15, -0.1) is 0 Å². The lowest BCUT2D eigenvalue weighted by atomic mass is 9.95. The van der Waals surface area contributed by atoms with E-state index in [2.05, 4.69) is 15.5 Å². The number of nitrogens with one attached hydrogen (secondary N) is 1. The molecule has 32 heavy (non-hydrogen) atoms. The number of piperidine rings is 1. The van der Waals surface area contributed by atoms with Crippen LogP contribution in [0.1, 0.15) is 42.7 Å². The van der Waals surface area contributed by atoms with Crippen LogP contribution in [0.5, 0.6) is 0 Å². The second kappa shape index (κ2) is 9.06. The predicted molar refractivity (Wildman–Crippen MR) is 118 cm³/mol. The first kappa shape index (κ1) is 21.9. The number of aryl methyl sites for hydroxylation is 1. The molecule has 7 nitrogen and oxygen atoms in total. The van der Waals surface area contributed by atoms with E-state index in [1.165, 1.54) is 6.07 Å². The quantitative estimate of drug-likeness (QED) is 0.651. The lowest BCUT2D eigenvalue weighted by Gasteiger charge is -2.32. The molecule has 0 aliphatic carbocycles. The molecule has 1 N–H and O–H groups in total. The smallest absolute Gasteiger partial charge is 0.259 e. The molecule has 1 fully saturated rings. The zero-order chi connectivity index (χ0) is 22.8. The van der Waals surface area contributed by atoms with Gasteiger partial charge in [0.25, 0.3) is 11.6 Å². The van der Waals surface area contributed by atoms with E-state index in [1.54, 1.807) is 36.1 Å². The summed E-state index contributed by atoms with van der Waals surface area (Å²) in [7, 11) is 0. The minimum atomic E-state index is -0.436. The highest BCUT2D eigenvalue weighted by Crippen LogP contribution is 2.30. The van der Waals surface area contributed by atoms with Gasteiger partial charge in [-0.1, -0.05) is 31.1 Å². The number of rotatable bonds is 5. The largest absolute Gasteiger partial charge is 0.356 e. The van der Waals surface area contributed by atoms with E-state index >= 15 is 0 Å². The maximum atomic E-state index is 14.4. The van der Waals surface area contributed by atoms with Gasteiger partial charge >= 0.3 is 0 Å². The van der Waals surface area contributed by atoms with E-state index in [1.807, 2.05) is 13.8 Å². The minimum absolute atomic E-state index is 0.0238. The monoisotopic (exact) mass is 438 g/mol. The summed E-state index contributed by atoms with van der Waals surface area (Å²) in [6.45, 7) is 7.33. The average Bonchev–Trinajstić information content (AvgIpc) is 3.17. The van der Waals surface area contributed by atoms with E-state index in [0.717, 1.165) is 12.8 Å². The van der Waals surface area contributed by atoms with Gasteiger partial charge in [0.15, 0.2) is 0 Å². The number of likely N-dealkylation sites (tertiary alicyclic amines) is 1. The Morgan fingerprint density at radius 1 is 1.31 bits per heavy atom. The molecule has 3 heterocycles. The molecular formula is C24H27FN4O3. The molecule has 2 aromatic heterocycles. The number of pyridine rings is 1. The molecule has 1 saturated heterocycles. The van der Waals surface area contributed by atoms with Crippen molar-refractivity contribution in [3.63, 3.8) is 0 Å². The van der Waals surface area contributed by atoms with Gasteiger partial charge < -0.3 is 14.7 Å². The molecule has 4 rings (SSSR count). The number of fused-ring (bicyclic) bond motifs is 1. The number of hydrogen-bond acceptors (Lipinski definition) is 5. The fourth-order valence-corrected chi connectivity index (χ4v) is 4.07. The van der Waals surface area contributed by atoms with Gasteiger partial charge in [-0.05, 0) is 43.9 Å². The first-order chi connectivity index (χ1) is 15.3. The number of carbonyl (C=O) groups is 2. The number of amides is 2. The van der Waals surface area contributed by atoms with Crippen LogP contribution in [-0.4, -0.2) is 46.5 Å². The zero-order valence-corrected chi connectivity index (χ0v) is 18.5. The number of benzene rings is 1. The van der Waals surface area contributed by atoms with Crippen molar-refractivity contribution in [2.75, 3.05) is 19.6 Å². The Morgan fingerprint density at radius 3 is 2.84 bits per heavy atom. The SMILES string of the molecule is Cc1noc2nc(-c3ccccc3F)cc(C(=O)N3CCCC(C(=O)NCC(C)C)C3)c12. The van der Waals surface area contributed by atoms with Crippen molar-refractivity contribution in [2.24, 2.45) is 11.8 Å². The van der Waals surface area contributed by atoms with Gasteiger partial charge in [-0.2, -0.15) is 0 Å². The summed E-state index contributed by atoms with van der Waals surface area (Å²) >= 11 is 0. The van der Waals surface area contributed by atoms with Crippen molar-refractivity contribution in [2.45, 2.75) is 33.6 Å². The van der Waals surface area contributed by atoms with Crippen LogP contribution in [-0.2, 0) is 4.79 Å². The lowest BCUT2D eigenvalue weighted by molar-refractivity contribution is -0.126. The molecule has 0 spiro atoms.